The fourth-order valence-corrected chi connectivity index (χ4v) is 1.04. The Labute approximate surface area is 83.3 Å². The normalized spacial score (nSPS) is 16.4. The summed E-state index contributed by atoms with van der Waals surface area (Å²) in [6, 6.07) is 2.05. The van der Waals surface area contributed by atoms with E-state index in [1.54, 1.807) is 0 Å². The van der Waals surface area contributed by atoms with Crippen molar-refractivity contribution >= 4 is 11.6 Å². The van der Waals surface area contributed by atoms with Gasteiger partial charge >= 0.3 is 6.18 Å². The molecule has 0 radical (unpaired) electrons. The third-order valence-electron chi connectivity index (χ3n) is 1.84. The Bertz CT molecular complexity index is 338. The van der Waals surface area contributed by atoms with Crippen molar-refractivity contribution in [3.8, 4) is 0 Å². The van der Waals surface area contributed by atoms with Crippen LogP contribution in [0.2, 0.25) is 5.15 Å². The average Bonchev–Trinajstić information content (AvgIpc) is 2.02. The third-order valence-corrected chi connectivity index (χ3v) is 2.05. The molecule has 0 aliphatic carbocycles. The molecule has 0 spiro atoms. The Hall–Kier alpha value is -0.810. The van der Waals surface area contributed by atoms with E-state index < -0.39 is 11.8 Å². The lowest BCUT2D eigenvalue weighted by Crippen LogP contribution is -2.39. The molecule has 1 rings (SSSR count). The number of hydrogen-bond donors (Lipinski definition) is 1. The van der Waals surface area contributed by atoms with Gasteiger partial charge in [0.05, 0.1) is 0 Å². The van der Waals surface area contributed by atoms with Crippen molar-refractivity contribution in [2.75, 3.05) is 0 Å². The van der Waals surface area contributed by atoms with Gasteiger partial charge in [0.25, 0.3) is 0 Å². The highest BCUT2D eigenvalue weighted by Gasteiger charge is 2.51. The van der Waals surface area contributed by atoms with Crippen LogP contribution < -0.4 is 0 Å². The fraction of sp³-hybridized carbons (Fsp3) is 0.375. The molecule has 1 heterocycles. The van der Waals surface area contributed by atoms with E-state index in [4.69, 9.17) is 11.6 Å². The van der Waals surface area contributed by atoms with Gasteiger partial charge in [0, 0.05) is 6.20 Å². The predicted octanol–water partition coefficient (Wildman–Crippen LogP) is 2.50. The van der Waals surface area contributed by atoms with Crippen LogP contribution in [-0.4, -0.2) is 16.3 Å². The van der Waals surface area contributed by atoms with Crippen molar-refractivity contribution < 1.29 is 18.3 Å². The van der Waals surface area contributed by atoms with Crippen LogP contribution in [0.1, 0.15) is 12.5 Å². The zero-order valence-corrected chi connectivity index (χ0v) is 7.89. The van der Waals surface area contributed by atoms with E-state index in [0.717, 1.165) is 18.3 Å². The lowest BCUT2D eigenvalue weighted by molar-refractivity contribution is -0.258. The maximum Gasteiger partial charge on any atom is 0.421 e. The standard InChI is InChI=1S/C8H7ClF3NO/c1-7(14,8(10,11)12)5-2-3-13-6(9)4-5/h2-4,14H,1H3/t7-/m0/s1. The molecule has 0 fully saturated rings. The van der Waals surface area contributed by atoms with Gasteiger partial charge in [-0.15, -0.1) is 0 Å². The van der Waals surface area contributed by atoms with E-state index in [0.29, 0.717) is 6.92 Å². The zero-order valence-electron chi connectivity index (χ0n) is 7.14. The molecule has 1 aromatic heterocycles. The fourth-order valence-electron chi connectivity index (χ4n) is 0.869. The van der Waals surface area contributed by atoms with Crippen molar-refractivity contribution in [2.45, 2.75) is 18.7 Å². The molecule has 0 saturated heterocycles. The van der Waals surface area contributed by atoms with Crippen LogP contribution in [0.3, 0.4) is 0 Å². The largest absolute Gasteiger partial charge is 0.421 e. The number of aromatic nitrogens is 1. The monoisotopic (exact) mass is 225 g/mol. The molecule has 14 heavy (non-hydrogen) atoms. The molecule has 6 heteroatoms. The van der Waals surface area contributed by atoms with Crippen LogP contribution in [0.4, 0.5) is 13.2 Å². The Balaban J connectivity index is 3.16. The van der Waals surface area contributed by atoms with Crippen LogP contribution in [0.25, 0.3) is 0 Å². The van der Waals surface area contributed by atoms with Gasteiger partial charge in [0.1, 0.15) is 5.15 Å². The first-order chi connectivity index (χ1) is 6.25. The average molecular weight is 226 g/mol. The van der Waals surface area contributed by atoms with Gasteiger partial charge in [-0.05, 0) is 24.6 Å². The van der Waals surface area contributed by atoms with Gasteiger partial charge in [0.15, 0.2) is 5.60 Å². The molecule has 0 bridgehead atoms. The SMILES string of the molecule is C[C@](O)(c1ccnc(Cl)c1)C(F)(F)F. The van der Waals surface area contributed by atoms with E-state index in [1.165, 1.54) is 0 Å². The summed E-state index contributed by atoms with van der Waals surface area (Å²) < 4.78 is 37.0. The Morgan fingerprint density at radius 3 is 2.43 bits per heavy atom. The number of alkyl halides is 3. The van der Waals surface area contributed by atoms with Crippen LogP contribution in [0, 0.1) is 0 Å². The topological polar surface area (TPSA) is 33.1 Å². The summed E-state index contributed by atoms with van der Waals surface area (Å²) >= 11 is 5.41. The second-order valence-corrected chi connectivity index (χ2v) is 3.32. The van der Waals surface area contributed by atoms with E-state index in [-0.39, 0.29) is 10.7 Å². The Morgan fingerprint density at radius 1 is 1.43 bits per heavy atom. The number of hydrogen-bond acceptors (Lipinski definition) is 2. The molecule has 1 N–H and O–H groups in total. The molecule has 0 aliphatic rings. The molecular formula is C8H7ClF3NO. The highest BCUT2D eigenvalue weighted by molar-refractivity contribution is 6.29. The number of pyridine rings is 1. The third kappa shape index (κ3) is 1.99. The predicted molar refractivity (Wildman–Crippen MR) is 44.9 cm³/mol. The molecule has 1 aromatic rings. The Morgan fingerprint density at radius 2 is 2.00 bits per heavy atom. The smallest absolute Gasteiger partial charge is 0.376 e. The molecular weight excluding hydrogens is 219 g/mol. The summed E-state index contributed by atoms with van der Waals surface area (Å²) in [6.45, 7) is 0.665. The lowest BCUT2D eigenvalue weighted by Gasteiger charge is -2.26. The quantitative estimate of drug-likeness (QED) is 0.745. The number of nitrogens with zero attached hydrogens (tertiary/aromatic N) is 1. The molecule has 0 aromatic carbocycles. The van der Waals surface area contributed by atoms with Crippen LogP contribution in [-0.2, 0) is 5.60 Å². The number of aliphatic hydroxyl groups is 1. The van der Waals surface area contributed by atoms with Gasteiger partial charge in [-0.1, -0.05) is 11.6 Å². The summed E-state index contributed by atoms with van der Waals surface area (Å²) in [5.74, 6) is 0. The first-order valence-electron chi connectivity index (χ1n) is 3.66. The van der Waals surface area contributed by atoms with Gasteiger partial charge in [-0.2, -0.15) is 13.2 Å². The minimum absolute atomic E-state index is 0.0907. The highest BCUT2D eigenvalue weighted by Crippen LogP contribution is 2.38. The van der Waals surface area contributed by atoms with E-state index >= 15 is 0 Å². The van der Waals surface area contributed by atoms with Crippen molar-refractivity contribution in [3.63, 3.8) is 0 Å². The number of halogens is 4. The summed E-state index contributed by atoms with van der Waals surface area (Å²) in [7, 11) is 0. The minimum Gasteiger partial charge on any atom is -0.376 e. The first kappa shape index (κ1) is 11.3. The van der Waals surface area contributed by atoms with Crippen molar-refractivity contribution in [1.29, 1.82) is 0 Å². The molecule has 0 amide bonds. The van der Waals surface area contributed by atoms with Crippen molar-refractivity contribution in [1.82, 2.24) is 4.98 Å². The second kappa shape index (κ2) is 3.40. The van der Waals surface area contributed by atoms with E-state index in [2.05, 4.69) is 4.98 Å². The summed E-state index contributed by atoms with van der Waals surface area (Å²) in [6.07, 6.45) is -3.63. The molecule has 0 unspecified atom stereocenters. The highest BCUT2D eigenvalue weighted by atomic mass is 35.5. The molecule has 2 nitrogen and oxygen atoms in total. The van der Waals surface area contributed by atoms with Gasteiger partial charge < -0.3 is 5.11 Å². The second-order valence-electron chi connectivity index (χ2n) is 2.94. The summed E-state index contributed by atoms with van der Waals surface area (Å²) in [5.41, 5.74) is -3.23. The summed E-state index contributed by atoms with van der Waals surface area (Å²) in [5, 5.41) is 9.14. The molecule has 78 valence electrons. The van der Waals surface area contributed by atoms with E-state index in [1.807, 2.05) is 0 Å². The minimum atomic E-state index is -4.74. The van der Waals surface area contributed by atoms with Crippen LogP contribution >= 0.6 is 11.6 Å². The van der Waals surface area contributed by atoms with Crippen molar-refractivity contribution in [3.05, 3.63) is 29.0 Å². The summed E-state index contributed by atoms with van der Waals surface area (Å²) in [4.78, 5) is 3.52. The zero-order chi connectivity index (χ0) is 11.0. The molecule has 0 saturated carbocycles. The number of rotatable bonds is 1. The van der Waals surface area contributed by atoms with Gasteiger partial charge in [-0.3, -0.25) is 0 Å². The van der Waals surface area contributed by atoms with Gasteiger partial charge in [-0.25, -0.2) is 4.98 Å². The maximum atomic E-state index is 12.3. The molecule has 0 aliphatic heterocycles. The first-order valence-corrected chi connectivity index (χ1v) is 4.04. The Kier molecular flexibility index (Phi) is 2.74. The lowest BCUT2D eigenvalue weighted by atomic mass is 9.97. The van der Waals surface area contributed by atoms with Crippen molar-refractivity contribution in [2.24, 2.45) is 0 Å². The van der Waals surface area contributed by atoms with E-state index in [9.17, 15) is 18.3 Å². The van der Waals surface area contributed by atoms with Crippen LogP contribution in [0.15, 0.2) is 18.3 Å². The van der Waals surface area contributed by atoms with Crippen LogP contribution in [0.5, 0.6) is 0 Å². The molecule has 1 atom stereocenters. The van der Waals surface area contributed by atoms with Gasteiger partial charge in [0.2, 0.25) is 0 Å². The maximum absolute atomic E-state index is 12.3.